The van der Waals surface area contributed by atoms with Crippen LogP contribution in [0.25, 0.3) is 17.0 Å². The lowest BCUT2D eigenvalue weighted by atomic mass is 9.95. The van der Waals surface area contributed by atoms with E-state index in [1.54, 1.807) is 12.3 Å². The monoisotopic (exact) mass is 375 g/mol. The number of hydrogen-bond donors (Lipinski definition) is 4. The van der Waals surface area contributed by atoms with Gasteiger partial charge in [-0.3, -0.25) is 9.59 Å². The summed E-state index contributed by atoms with van der Waals surface area (Å²) in [6, 6.07) is 11.9. The number of aromatic nitrogens is 2. The standard InChI is InChI=1S/C21H21N5O2/c1-12(18-8-14-4-2-3-5-17(14)25-18)16(20(22)28)7-13-6-15-10-23-11-19(27)26-21(15)24-9-13/h2-9,12,23,25H,10-11H2,1H3,(H2,22,28)(H,24,26,27). The number of carbonyl (C=O) groups is 2. The van der Waals surface area contributed by atoms with Crippen LogP contribution in [0.4, 0.5) is 5.82 Å². The van der Waals surface area contributed by atoms with Crippen LogP contribution in [0.1, 0.15) is 29.7 Å². The minimum absolute atomic E-state index is 0.125. The molecule has 0 bridgehead atoms. The maximum atomic E-state index is 12.2. The first-order valence-corrected chi connectivity index (χ1v) is 9.10. The molecule has 1 aromatic carbocycles. The molecule has 0 radical (unpaired) electrons. The number of benzene rings is 1. The van der Waals surface area contributed by atoms with Crippen molar-refractivity contribution in [3.63, 3.8) is 0 Å². The molecule has 5 N–H and O–H groups in total. The lowest BCUT2D eigenvalue weighted by Crippen LogP contribution is -2.23. The van der Waals surface area contributed by atoms with Crippen LogP contribution >= 0.6 is 0 Å². The number of anilines is 1. The summed E-state index contributed by atoms with van der Waals surface area (Å²) in [7, 11) is 0. The fourth-order valence-corrected chi connectivity index (χ4v) is 3.43. The van der Waals surface area contributed by atoms with Crippen LogP contribution in [-0.2, 0) is 16.1 Å². The Kier molecular flexibility index (Phi) is 4.67. The van der Waals surface area contributed by atoms with E-state index in [1.165, 1.54) is 0 Å². The molecule has 1 aliphatic rings. The number of carbonyl (C=O) groups excluding carboxylic acids is 2. The predicted octanol–water partition coefficient (Wildman–Crippen LogP) is 2.28. The van der Waals surface area contributed by atoms with E-state index in [9.17, 15) is 9.59 Å². The Morgan fingerprint density at radius 1 is 1.25 bits per heavy atom. The number of fused-ring (bicyclic) bond motifs is 2. The molecule has 0 aliphatic carbocycles. The average Bonchev–Trinajstić information content (AvgIpc) is 3.02. The van der Waals surface area contributed by atoms with Gasteiger partial charge in [0.1, 0.15) is 5.82 Å². The van der Waals surface area contributed by atoms with E-state index >= 15 is 0 Å². The largest absolute Gasteiger partial charge is 0.366 e. The number of pyridine rings is 1. The number of nitrogens with zero attached hydrogens (tertiary/aromatic N) is 1. The molecular formula is C21H21N5O2. The van der Waals surface area contributed by atoms with Gasteiger partial charge < -0.3 is 21.4 Å². The minimum Gasteiger partial charge on any atom is -0.366 e. The second kappa shape index (κ2) is 7.28. The highest BCUT2D eigenvalue weighted by Gasteiger charge is 2.19. The first-order chi connectivity index (χ1) is 13.5. The summed E-state index contributed by atoms with van der Waals surface area (Å²) >= 11 is 0. The highest BCUT2D eigenvalue weighted by Crippen LogP contribution is 2.28. The first kappa shape index (κ1) is 17.9. The molecule has 1 unspecified atom stereocenters. The molecule has 7 nitrogen and oxygen atoms in total. The van der Waals surface area contributed by atoms with Crippen LogP contribution in [0.5, 0.6) is 0 Å². The van der Waals surface area contributed by atoms with Crippen LogP contribution in [0.15, 0.2) is 48.2 Å². The maximum absolute atomic E-state index is 12.2. The first-order valence-electron chi connectivity index (χ1n) is 9.10. The van der Waals surface area contributed by atoms with Crippen molar-refractivity contribution in [1.29, 1.82) is 0 Å². The van der Waals surface area contributed by atoms with Crippen molar-refractivity contribution in [3.8, 4) is 0 Å². The summed E-state index contributed by atoms with van der Waals surface area (Å²) in [5, 5.41) is 6.89. The number of aromatic amines is 1. The van der Waals surface area contributed by atoms with Gasteiger partial charge >= 0.3 is 0 Å². The number of H-pyrrole nitrogens is 1. The van der Waals surface area contributed by atoms with Crippen LogP contribution in [0, 0.1) is 0 Å². The van der Waals surface area contributed by atoms with Crippen molar-refractivity contribution in [3.05, 3.63) is 65.0 Å². The maximum Gasteiger partial charge on any atom is 0.245 e. The summed E-state index contributed by atoms with van der Waals surface area (Å²) in [5.41, 5.74) is 9.73. The van der Waals surface area contributed by atoms with E-state index in [1.807, 2.05) is 43.3 Å². The van der Waals surface area contributed by atoms with E-state index in [0.29, 0.717) is 17.9 Å². The van der Waals surface area contributed by atoms with Crippen LogP contribution in [0.3, 0.4) is 0 Å². The number of para-hydroxylation sites is 1. The van der Waals surface area contributed by atoms with Crippen molar-refractivity contribution in [1.82, 2.24) is 15.3 Å². The van der Waals surface area contributed by atoms with Gasteiger partial charge in [-0.05, 0) is 35.2 Å². The number of amides is 2. The van der Waals surface area contributed by atoms with E-state index in [0.717, 1.165) is 27.7 Å². The normalized spacial score (nSPS) is 15.6. The van der Waals surface area contributed by atoms with Gasteiger partial charge in [-0.2, -0.15) is 0 Å². The molecule has 3 aromatic rings. The molecule has 2 aromatic heterocycles. The van der Waals surface area contributed by atoms with Crippen molar-refractivity contribution >= 4 is 34.6 Å². The molecule has 1 atom stereocenters. The summed E-state index contributed by atoms with van der Waals surface area (Å²) in [6.45, 7) is 2.71. The zero-order valence-electron chi connectivity index (χ0n) is 15.5. The Morgan fingerprint density at radius 3 is 2.86 bits per heavy atom. The van der Waals surface area contributed by atoms with E-state index in [4.69, 9.17) is 5.73 Å². The highest BCUT2D eigenvalue weighted by molar-refractivity contribution is 5.98. The zero-order chi connectivity index (χ0) is 19.7. The number of hydrogen-bond acceptors (Lipinski definition) is 4. The minimum atomic E-state index is -0.479. The van der Waals surface area contributed by atoms with Gasteiger partial charge in [-0.15, -0.1) is 0 Å². The average molecular weight is 375 g/mol. The fraction of sp³-hybridized carbons (Fsp3) is 0.190. The van der Waals surface area contributed by atoms with Gasteiger partial charge in [-0.25, -0.2) is 4.98 Å². The van der Waals surface area contributed by atoms with Crippen LogP contribution in [-0.4, -0.2) is 28.3 Å². The second-order valence-corrected chi connectivity index (χ2v) is 6.93. The predicted molar refractivity (Wildman–Crippen MR) is 108 cm³/mol. The summed E-state index contributed by atoms with van der Waals surface area (Å²) < 4.78 is 0. The van der Waals surface area contributed by atoms with Gasteiger partial charge in [0.05, 0.1) is 6.54 Å². The van der Waals surface area contributed by atoms with Gasteiger partial charge in [0, 0.05) is 41.0 Å². The molecule has 0 fully saturated rings. The van der Waals surface area contributed by atoms with Crippen molar-refractivity contribution in [2.75, 3.05) is 11.9 Å². The van der Waals surface area contributed by atoms with E-state index in [2.05, 4.69) is 20.6 Å². The van der Waals surface area contributed by atoms with Crippen molar-refractivity contribution in [2.45, 2.75) is 19.4 Å². The zero-order valence-corrected chi connectivity index (χ0v) is 15.5. The Hall–Kier alpha value is -3.45. The quantitative estimate of drug-likeness (QED) is 0.524. The smallest absolute Gasteiger partial charge is 0.245 e. The molecule has 4 rings (SSSR count). The van der Waals surface area contributed by atoms with Gasteiger partial charge in [-0.1, -0.05) is 25.1 Å². The Balaban J connectivity index is 1.69. The Bertz CT molecular complexity index is 1070. The summed E-state index contributed by atoms with van der Waals surface area (Å²) in [5.74, 6) is -0.273. The Morgan fingerprint density at radius 2 is 2.07 bits per heavy atom. The molecular weight excluding hydrogens is 354 g/mol. The molecule has 28 heavy (non-hydrogen) atoms. The molecule has 0 saturated heterocycles. The SMILES string of the molecule is CC(C(=Cc1cnc2c(c1)CNCC(=O)N2)C(N)=O)c1cc2ccccc2[nH]1. The lowest BCUT2D eigenvalue weighted by molar-refractivity contribution is -0.115. The molecule has 2 amide bonds. The van der Waals surface area contributed by atoms with Gasteiger partial charge in [0.15, 0.2) is 0 Å². The Labute approximate surface area is 162 Å². The van der Waals surface area contributed by atoms with Gasteiger partial charge in [0.2, 0.25) is 11.8 Å². The van der Waals surface area contributed by atoms with Gasteiger partial charge in [0.25, 0.3) is 0 Å². The molecule has 3 heterocycles. The van der Waals surface area contributed by atoms with E-state index in [-0.39, 0.29) is 18.4 Å². The number of rotatable bonds is 4. The molecule has 0 saturated carbocycles. The van der Waals surface area contributed by atoms with Crippen LogP contribution < -0.4 is 16.4 Å². The number of nitrogens with one attached hydrogen (secondary N) is 3. The summed E-state index contributed by atoms with van der Waals surface area (Å²) in [4.78, 5) is 31.5. The van der Waals surface area contributed by atoms with E-state index < -0.39 is 5.91 Å². The highest BCUT2D eigenvalue weighted by atomic mass is 16.2. The van der Waals surface area contributed by atoms with Crippen molar-refractivity contribution < 1.29 is 9.59 Å². The third kappa shape index (κ3) is 3.52. The van der Waals surface area contributed by atoms with Crippen molar-refractivity contribution in [2.24, 2.45) is 5.73 Å². The third-order valence-corrected chi connectivity index (χ3v) is 4.94. The molecule has 142 valence electrons. The third-order valence-electron chi connectivity index (χ3n) is 4.94. The fourth-order valence-electron chi connectivity index (χ4n) is 3.43. The molecule has 1 aliphatic heterocycles. The lowest BCUT2D eigenvalue weighted by Gasteiger charge is -2.13. The number of nitrogens with two attached hydrogens (primary N) is 1. The molecule has 7 heteroatoms. The van der Waals surface area contributed by atoms with Crippen LogP contribution in [0.2, 0.25) is 0 Å². The summed E-state index contributed by atoms with van der Waals surface area (Å²) in [6.07, 6.45) is 3.39. The second-order valence-electron chi connectivity index (χ2n) is 6.93. The number of primary amides is 1. The topological polar surface area (TPSA) is 113 Å². The molecule has 0 spiro atoms.